The molecule has 1 atom stereocenters. The Balaban J connectivity index is 2.71. The molecule has 1 aromatic carbocycles. The topological polar surface area (TPSA) is 38.0 Å². The van der Waals surface area contributed by atoms with E-state index in [0.717, 1.165) is 17.8 Å². The smallest absolute Gasteiger partial charge is 0.0373 e. The number of nitrogens with two attached hydrogens (primary N) is 1. The van der Waals surface area contributed by atoms with E-state index in [0.29, 0.717) is 6.04 Å². The second kappa shape index (κ2) is 4.70. The number of hydrogen-bond acceptors (Lipinski definition) is 2. The first-order valence-corrected chi connectivity index (χ1v) is 4.87. The SMILES string of the molecule is C=CCC(C)Nc1ccc(N)cc1C. The zero-order valence-electron chi connectivity index (χ0n) is 8.88. The monoisotopic (exact) mass is 190 g/mol. The van der Waals surface area contributed by atoms with Crippen molar-refractivity contribution in [1.82, 2.24) is 0 Å². The molecule has 1 aromatic rings. The van der Waals surface area contributed by atoms with Crippen molar-refractivity contribution >= 4 is 11.4 Å². The van der Waals surface area contributed by atoms with Crippen LogP contribution in [0, 0.1) is 6.92 Å². The summed E-state index contributed by atoms with van der Waals surface area (Å²) in [6.07, 6.45) is 2.88. The van der Waals surface area contributed by atoms with Crippen LogP contribution < -0.4 is 11.1 Å². The molecule has 0 fully saturated rings. The Bertz CT molecular complexity index is 318. The van der Waals surface area contributed by atoms with E-state index < -0.39 is 0 Å². The van der Waals surface area contributed by atoms with Crippen LogP contribution in [0.5, 0.6) is 0 Å². The highest BCUT2D eigenvalue weighted by molar-refractivity contribution is 5.57. The third-order valence-electron chi connectivity index (χ3n) is 2.17. The van der Waals surface area contributed by atoms with Crippen molar-refractivity contribution in [2.75, 3.05) is 11.1 Å². The fourth-order valence-corrected chi connectivity index (χ4v) is 1.42. The van der Waals surface area contributed by atoms with Gasteiger partial charge >= 0.3 is 0 Å². The van der Waals surface area contributed by atoms with Crippen molar-refractivity contribution in [2.45, 2.75) is 26.3 Å². The third kappa shape index (κ3) is 2.80. The predicted octanol–water partition coefficient (Wildman–Crippen LogP) is 2.95. The maximum absolute atomic E-state index is 5.67. The molecule has 14 heavy (non-hydrogen) atoms. The van der Waals surface area contributed by atoms with Crippen molar-refractivity contribution in [2.24, 2.45) is 0 Å². The maximum atomic E-state index is 5.67. The molecule has 0 aliphatic rings. The largest absolute Gasteiger partial charge is 0.399 e. The Morgan fingerprint density at radius 3 is 2.86 bits per heavy atom. The van der Waals surface area contributed by atoms with Gasteiger partial charge in [0.25, 0.3) is 0 Å². The summed E-state index contributed by atoms with van der Waals surface area (Å²) in [4.78, 5) is 0. The van der Waals surface area contributed by atoms with Crippen LogP contribution in [0.4, 0.5) is 11.4 Å². The molecule has 2 nitrogen and oxygen atoms in total. The highest BCUT2D eigenvalue weighted by atomic mass is 14.9. The van der Waals surface area contributed by atoms with Gasteiger partial charge in [-0.2, -0.15) is 0 Å². The first-order valence-electron chi connectivity index (χ1n) is 4.87. The summed E-state index contributed by atoms with van der Waals surface area (Å²) in [5.74, 6) is 0. The van der Waals surface area contributed by atoms with Crippen LogP contribution in [0.3, 0.4) is 0 Å². The van der Waals surface area contributed by atoms with Crippen LogP contribution in [0.25, 0.3) is 0 Å². The summed E-state index contributed by atoms with van der Waals surface area (Å²) in [5, 5.41) is 3.41. The summed E-state index contributed by atoms with van der Waals surface area (Å²) < 4.78 is 0. The highest BCUT2D eigenvalue weighted by Gasteiger charge is 2.02. The average molecular weight is 190 g/mol. The van der Waals surface area contributed by atoms with E-state index >= 15 is 0 Å². The summed E-state index contributed by atoms with van der Waals surface area (Å²) in [6.45, 7) is 7.91. The molecule has 1 rings (SSSR count). The van der Waals surface area contributed by atoms with E-state index in [4.69, 9.17) is 5.73 Å². The molecule has 0 spiro atoms. The van der Waals surface area contributed by atoms with Gasteiger partial charge in [0.2, 0.25) is 0 Å². The summed E-state index contributed by atoms with van der Waals surface area (Å²) >= 11 is 0. The lowest BCUT2D eigenvalue weighted by atomic mass is 10.1. The molecule has 76 valence electrons. The molecule has 0 saturated carbocycles. The fraction of sp³-hybridized carbons (Fsp3) is 0.333. The summed E-state index contributed by atoms with van der Waals surface area (Å²) in [7, 11) is 0. The van der Waals surface area contributed by atoms with E-state index in [1.54, 1.807) is 0 Å². The van der Waals surface area contributed by atoms with Gasteiger partial charge in [-0.05, 0) is 44.0 Å². The van der Waals surface area contributed by atoms with Gasteiger partial charge in [-0.3, -0.25) is 0 Å². The van der Waals surface area contributed by atoms with Crippen molar-refractivity contribution in [3.05, 3.63) is 36.4 Å². The van der Waals surface area contributed by atoms with Crippen LogP contribution in [0.2, 0.25) is 0 Å². The lowest BCUT2D eigenvalue weighted by Crippen LogP contribution is -2.14. The Labute approximate surface area is 85.8 Å². The van der Waals surface area contributed by atoms with Crippen LogP contribution in [0.15, 0.2) is 30.9 Å². The zero-order valence-corrected chi connectivity index (χ0v) is 8.88. The number of benzene rings is 1. The second-order valence-corrected chi connectivity index (χ2v) is 3.64. The van der Waals surface area contributed by atoms with Gasteiger partial charge in [0.15, 0.2) is 0 Å². The molecule has 0 amide bonds. The van der Waals surface area contributed by atoms with Crippen LogP contribution >= 0.6 is 0 Å². The van der Waals surface area contributed by atoms with Crippen molar-refractivity contribution in [3.8, 4) is 0 Å². The van der Waals surface area contributed by atoms with E-state index in [9.17, 15) is 0 Å². The Kier molecular flexibility index (Phi) is 3.57. The minimum absolute atomic E-state index is 0.412. The molecule has 0 aliphatic heterocycles. The van der Waals surface area contributed by atoms with E-state index in [1.807, 2.05) is 24.3 Å². The third-order valence-corrected chi connectivity index (χ3v) is 2.17. The Morgan fingerprint density at radius 2 is 2.29 bits per heavy atom. The fourth-order valence-electron chi connectivity index (χ4n) is 1.42. The number of nitrogen functional groups attached to an aromatic ring is 1. The molecule has 0 bridgehead atoms. The highest BCUT2D eigenvalue weighted by Crippen LogP contribution is 2.18. The standard InChI is InChI=1S/C12H18N2/c1-4-5-10(3)14-12-7-6-11(13)8-9(12)2/h4,6-8,10,14H,1,5,13H2,2-3H3. The average Bonchev–Trinajstić information content (AvgIpc) is 2.10. The number of anilines is 2. The van der Waals surface area contributed by atoms with Gasteiger partial charge in [0.1, 0.15) is 0 Å². The first kappa shape index (κ1) is 10.6. The lowest BCUT2D eigenvalue weighted by molar-refractivity contribution is 0.813. The van der Waals surface area contributed by atoms with Gasteiger partial charge in [0.05, 0.1) is 0 Å². The van der Waals surface area contributed by atoms with Gasteiger partial charge < -0.3 is 11.1 Å². The lowest BCUT2D eigenvalue weighted by Gasteiger charge is -2.15. The zero-order chi connectivity index (χ0) is 10.6. The predicted molar refractivity (Wildman–Crippen MR) is 63.5 cm³/mol. The van der Waals surface area contributed by atoms with Gasteiger partial charge in [0, 0.05) is 17.4 Å². The van der Waals surface area contributed by atoms with Crippen LogP contribution in [-0.2, 0) is 0 Å². The quantitative estimate of drug-likeness (QED) is 0.566. The number of aryl methyl sites for hydroxylation is 1. The van der Waals surface area contributed by atoms with Gasteiger partial charge in [-0.15, -0.1) is 6.58 Å². The minimum atomic E-state index is 0.412. The van der Waals surface area contributed by atoms with Gasteiger partial charge in [-0.25, -0.2) is 0 Å². The molecule has 0 heterocycles. The summed E-state index contributed by atoms with van der Waals surface area (Å²) in [6, 6.07) is 6.32. The van der Waals surface area contributed by atoms with Crippen LogP contribution in [-0.4, -0.2) is 6.04 Å². The molecule has 2 heteroatoms. The normalized spacial score (nSPS) is 12.1. The van der Waals surface area contributed by atoms with E-state index in [2.05, 4.69) is 25.7 Å². The van der Waals surface area contributed by atoms with Crippen molar-refractivity contribution in [3.63, 3.8) is 0 Å². The molecule has 3 N–H and O–H groups in total. The Hall–Kier alpha value is -1.44. The summed E-state index contributed by atoms with van der Waals surface area (Å²) in [5.41, 5.74) is 8.81. The molecule has 0 radical (unpaired) electrons. The minimum Gasteiger partial charge on any atom is -0.399 e. The molecular weight excluding hydrogens is 172 g/mol. The molecular formula is C12H18N2. The molecule has 0 aromatic heterocycles. The molecule has 0 aliphatic carbocycles. The second-order valence-electron chi connectivity index (χ2n) is 3.64. The maximum Gasteiger partial charge on any atom is 0.0373 e. The van der Waals surface area contributed by atoms with Crippen LogP contribution in [0.1, 0.15) is 18.9 Å². The van der Waals surface area contributed by atoms with E-state index in [1.165, 1.54) is 5.56 Å². The Morgan fingerprint density at radius 1 is 1.57 bits per heavy atom. The number of hydrogen-bond donors (Lipinski definition) is 2. The van der Waals surface area contributed by atoms with Crippen molar-refractivity contribution in [1.29, 1.82) is 0 Å². The molecule has 0 saturated heterocycles. The van der Waals surface area contributed by atoms with E-state index in [-0.39, 0.29) is 0 Å². The number of nitrogens with one attached hydrogen (secondary N) is 1. The first-order chi connectivity index (χ1) is 6.63. The van der Waals surface area contributed by atoms with Gasteiger partial charge in [-0.1, -0.05) is 6.08 Å². The molecule has 1 unspecified atom stereocenters. The van der Waals surface area contributed by atoms with Crippen molar-refractivity contribution < 1.29 is 0 Å². The number of rotatable bonds is 4.